The SMILES string of the molecule is CNc1cnc(C=C(CNc2ncc(C)[nH]2)P2(=O)O[C@@H](C)[C@@H](C)O2)s1. The maximum Gasteiger partial charge on any atom is 0.359 e. The van der Waals surface area contributed by atoms with E-state index < -0.39 is 7.60 Å². The van der Waals surface area contributed by atoms with Crippen LogP contribution in [0, 0.1) is 6.92 Å². The van der Waals surface area contributed by atoms with Gasteiger partial charge in [-0.1, -0.05) is 11.3 Å². The number of imidazole rings is 1. The Morgan fingerprint density at radius 2 is 2.08 bits per heavy atom. The number of aromatic amines is 1. The predicted molar refractivity (Wildman–Crippen MR) is 100 cm³/mol. The first-order valence-corrected chi connectivity index (χ1v) is 10.3. The molecule has 0 aliphatic carbocycles. The van der Waals surface area contributed by atoms with Crippen molar-refractivity contribution in [3.63, 3.8) is 0 Å². The molecule has 25 heavy (non-hydrogen) atoms. The second-order valence-electron chi connectivity index (χ2n) is 5.84. The van der Waals surface area contributed by atoms with E-state index in [1.54, 1.807) is 18.5 Å². The van der Waals surface area contributed by atoms with Crippen LogP contribution in [0.2, 0.25) is 0 Å². The van der Waals surface area contributed by atoms with Gasteiger partial charge in [0.05, 0.1) is 30.3 Å². The highest BCUT2D eigenvalue weighted by Gasteiger charge is 2.43. The Bertz CT molecular complexity index is 804. The largest absolute Gasteiger partial charge is 0.379 e. The molecule has 1 aliphatic rings. The number of aromatic nitrogens is 3. The monoisotopic (exact) mass is 383 g/mol. The molecule has 1 aliphatic heterocycles. The van der Waals surface area contributed by atoms with E-state index >= 15 is 0 Å². The molecule has 0 saturated carbocycles. The molecule has 1 saturated heterocycles. The Labute approximate surface area is 150 Å². The predicted octanol–water partition coefficient (Wildman–Crippen LogP) is 3.69. The van der Waals surface area contributed by atoms with E-state index in [1.165, 1.54) is 11.3 Å². The van der Waals surface area contributed by atoms with Gasteiger partial charge in [0.25, 0.3) is 0 Å². The number of rotatable bonds is 6. The van der Waals surface area contributed by atoms with Crippen LogP contribution < -0.4 is 10.6 Å². The van der Waals surface area contributed by atoms with Gasteiger partial charge in [0, 0.05) is 18.9 Å². The van der Waals surface area contributed by atoms with Gasteiger partial charge in [-0.2, -0.15) is 0 Å². The first kappa shape index (κ1) is 18.1. The normalized spacial score (nSPS) is 26.8. The topological polar surface area (TPSA) is 101 Å². The molecule has 1 fully saturated rings. The van der Waals surface area contributed by atoms with Crippen LogP contribution in [0.4, 0.5) is 10.9 Å². The molecule has 0 spiro atoms. The van der Waals surface area contributed by atoms with Crippen molar-refractivity contribution >= 4 is 36.0 Å². The summed E-state index contributed by atoms with van der Waals surface area (Å²) in [6.07, 6.45) is 4.75. The maximum atomic E-state index is 13.2. The zero-order chi connectivity index (χ0) is 18.0. The zero-order valence-electron chi connectivity index (χ0n) is 14.6. The molecular weight excluding hydrogens is 361 g/mol. The van der Waals surface area contributed by atoms with Crippen molar-refractivity contribution in [1.29, 1.82) is 0 Å². The van der Waals surface area contributed by atoms with Gasteiger partial charge in [0.1, 0.15) is 10.0 Å². The van der Waals surface area contributed by atoms with Crippen LogP contribution in [-0.4, -0.2) is 40.8 Å². The minimum atomic E-state index is -3.38. The molecule has 0 bridgehead atoms. The molecular formula is C15H22N5O3PS. The Morgan fingerprint density at radius 1 is 1.36 bits per heavy atom. The van der Waals surface area contributed by atoms with Crippen LogP contribution in [0.3, 0.4) is 0 Å². The van der Waals surface area contributed by atoms with E-state index in [0.717, 1.165) is 15.7 Å². The second-order valence-corrected chi connectivity index (χ2v) is 8.89. The van der Waals surface area contributed by atoms with Crippen LogP contribution in [0.25, 0.3) is 6.08 Å². The van der Waals surface area contributed by atoms with Crippen LogP contribution in [-0.2, 0) is 13.6 Å². The molecule has 0 aromatic carbocycles. The highest BCUT2D eigenvalue weighted by Crippen LogP contribution is 2.62. The summed E-state index contributed by atoms with van der Waals surface area (Å²) in [4.78, 5) is 11.6. The van der Waals surface area contributed by atoms with Gasteiger partial charge < -0.3 is 15.6 Å². The van der Waals surface area contributed by atoms with Crippen LogP contribution in [0.1, 0.15) is 24.5 Å². The fraction of sp³-hybridized carbons (Fsp3) is 0.467. The summed E-state index contributed by atoms with van der Waals surface area (Å²) < 4.78 is 24.6. The lowest BCUT2D eigenvalue weighted by Crippen LogP contribution is -2.13. The Kier molecular flexibility index (Phi) is 5.29. The van der Waals surface area contributed by atoms with Crippen molar-refractivity contribution in [3.05, 3.63) is 28.4 Å². The van der Waals surface area contributed by atoms with Gasteiger partial charge >= 0.3 is 7.60 Å². The molecule has 0 amide bonds. The van der Waals surface area contributed by atoms with Crippen molar-refractivity contribution in [2.75, 3.05) is 24.2 Å². The van der Waals surface area contributed by atoms with Crippen molar-refractivity contribution in [3.8, 4) is 0 Å². The third kappa shape index (κ3) is 4.12. The van der Waals surface area contributed by atoms with Crippen LogP contribution in [0.15, 0.2) is 17.7 Å². The molecule has 1 unspecified atom stereocenters. The molecule has 2 aromatic rings. The second kappa shape index (κ2) is 7.29. The van der Waals surface area contributed by atoms with Crippen LogP contribution in [0.5, 0.6) is 0 Å². The van der Waals surface area contributed by atoms with Crippen molar-refractivity contribution in [1.82, 2.24) is 15.0 Å². The fourth-order valence-corrected chi connectivity index (χ4v) is 5.20. The fourth-order valence-electron chi connectivity index (χ4n) is 2.29. The van der Waals surface area contributed by atoms with E-state index in [-0.39, 0.29) is 18.8 Å². The quantitative estimate of drug-likeness (QED) is 0.654. The van der Waals surface area contributed by atoms with Gasteiger partial charge in [-0.15, -0.1) is 0 Å². The molecule has 3 rings (SSSR count). The minimum absolute atomic E-state index is 0.232. The number of H-pyrrole nitrogens is 1. The summed E-state index contributed by atoms with van der Waals surface area (Å²) in [6.45, 7) is 5.90. The van der Waals surface area contributed by atoms with Gasteiger partial charge in [0.15, 0.2) is 0 Å². The molecule has 3 atom stereocenters. The van der Waals surface area contributed by atoms with E-state index in [0.29, 0.717) is 11.3 Å². The number of aryl methyl sites for hydroxylation is 1. The lowest BCUT2D eigenvalue weighted by molar-refractivity contribution is 0.187. The summed E-state index contributed by atoms with van der Waals surface area (Å²) >= 11 is 1.46. The third-order valence-electron chi connectivity index (χ3n) is 3.82. The lowest BCUT2D eigenvalue weighted by Gasteiger charge is -2.15. The molecule has 3 N–H and O–H groups in total. The highest BCUT2D eigenvalue weighted by atomic mass is 32.1. The van der Waals surface area contributed by atoms with Gasteiger partial charge in [-0.3, -0.25) is 13.6 Å². The first-order chi connectivity index (χ1) is 11.9. The van der Waals surface area contributed by atoms with E-state index in [2.05, 4.69) is 25.6 Å². The average Bonchev–Trinajstić information content (AvgIpc) is 3.25. The first-order valence-electron chi connectivity index (χ1n) is 7.96. The highest BCUT2D eigenvalue weighted by molar-refractivity contribution is 7.59. The van der Waals surface area contributed by atoms with Gasteiger partial charge in [0.2, 0.25) is 5.95 Å². The number of thiazole rings is 1. The van der Waals surface area contributed by atoms with E-state index in [4.69, 9.17) is 9.05 Å². The van der Waals surface area contributed by atoms with Crippen LogP contribution >= 0.6 is 18.9 Å². The van der Waals surface area contributed by atoms with E-state index in [1.807, 2.05) is 27.8 Å². The van der Waals surface area contributed by atoms with Gasteiger partial charge in [-0.05, 0) is 26.8 Å². The number of nitrogens with zero attached hydrogens (tertiary/aromatic N) is 2. The third-order valence-corrected chi connectivity index (χ3v) is 7.00. The number of anilines is 2. The summed E-state index contributed by atoms with van der Waals surface area (Å²) in [5.74, 6) is 0.602. The Balaban J connectivity index is 1.86. The molecule has 0 radical (unpaired) electrons. The summed E-state index contributed by atoms with van der Waals surface area (Å²) in [5, 5.41) is 8.35. The molecule has 8 nitrogen and oxygen atoms in total. The lowest BCUT2D eigenvalue weighted by atomic mass is 10.3. The van der Waals surface area contributed by atoms with Crippen molar-refractivity contribution < 1.29 is 13.6 Å². The van der Waals surface area contributed by atoms with Crippen molar-refractivity contribution in [2.24, 2.45) is 0 Å². The van der Waals surface area contributed by atoms with Gasteiger partial charge in [-0.25, -0.2) is 9.97 Å². The summed E-state index contributed by atoms with van der Waals surface area (Å²) in [7, 11) is -1.55. The summed E-state index contributed by atoms with van der Waals surface area (Å²) in [5.41, 5.74) is 0.939. The molecule has 10 heteroatoms. The molecule has 136 valence electrons. The smallest absolute Gasteiger partial charge is 0.359 e. The average molecular weight is 383 g/mol. The Morgan fingerprint density at radius 3 is 2.64 bits per heavy atom. The number of hydrogen-bond donors (Lipinski definition) is 3. The number of hydrogen-bond acceptors (Lipinski definition) is 8. The van der Waals surface area contributed by atoms with E-state index in [9.17, 15) is 4.57 Å². The molecule has 2 aromatic heterocycles. The maximum absolute atomic E-state index is 13.2. The number of nitrogens with one attached hydrogen (secondary N) is 3. The zero-order valence-corrected chi connectivity index (χ0v) is 16.3. The molecule has 3 heterocycles. The Hall–Kier alpha value is -1.67. The standard InChI is InChI=1S/C15H22N5O3PS/c1-9-6-18-15(20-9)19-7-12(5-13-17-8-14(16-4)25-13)24(21)22-10(2)11(3)23-24/h5-6,8,10-11,16H,7H2,1-4H3,(H2,18,19,20)/t10-,11+,24?. The van der Waals surface area contributed by atoms with Crippen molar-refractivity contribution in [2.45, 2.75) is 33.0 Å². The minimum Gasteiger partial charge on any atom is -0.379 e. The summed E-state index contributed by atoms with van der Waals surface area (Å²) in [6, 6.07) is 0.